The summed E-state index contributed by atoms with van der Waals surface area (Å²) in [5.74, 6) is -0.404. The number of nitrogens with one attached hydrogen (secondary N) is 1. The number of hydrogen-bond donors (Lipinski definition) is 2. The normalized spacial score (nSPS) is 18.9. The van der Waals surface area contributed by atoms with Gasteiger partial charge >= 0.3 is 0 Å². The molecule has 1 aromatic carbocycles. The van der Waals surface area contributed by atoms with Crippen molar-refractivity contribution in [3.63, 3.8) is 0 Å². The highest BCUT2D eigenvalue weighted by atomic mass is 19.1. The first-order valence-electron chi connectivity index (χ1n) is 5.99. The standard InChI is InChI=1S/C13H17FN2O2/c1-8-11(14)4-10(5-12(8)15)13(17)16-6-9-2-3-18-7-9/h4-5,9H,2-3,6-7,15H2,1H3,(H,16,17). The van der Waals surface area contributed by atoms with Gasteiger partial charge in [0.1, 0.15) is 5.82 Å². The number of carbonyl (C=O) groups is 1. The lowest BCUT2D eigenvalue weighted by molar-refractivity contribution is 0.0944. The van der Waals surface area contributed by atoms with E-state index in [2.05, 4.69) is 5.32 Å². The van der Waals surface area contributed by atoms with Crippen LogP contribution in [0.3, 0.4) is 0 Å². The SMILES string of the molecule is Cc1c(N)cc(C(=O)NCC2CCOC2)cc1F. The molecule has 1 saturated heterocycles. The highest BCUT2D eigenvalue weighted by Gasteiger charge is 2.17. The van der Waals surface area contributed by atoms with Gasteiger partial charge in [-0.05, 0) is 25.5 Å². The number of ether oxygens (including phenoxy) is 1. The van der Waals surface area contributed by atoms with E-state index >= 15 is 0 Å². The molecule has 0 aliphatic carbocycles. The monoisotopic (exact) mass is 252 g/mol. The lowest BCUT2D eigenvalue weighted by Gasteiger charge is -2.11. The van der Waals surface area contributed by atoms with Crippen molar-refractivity contribution < 1.29 is 13.9 Å². The van der Waals surface area contributed by atoms with E-state index in [0.29, 0.717) is 30.3 Å². The Bertz CT molecular complexity index is 433. The Balaban J connectivity index is 2.00. The molecule has 1 unspecified atom stereocenters. The number of nitrogen functional groups attached to an aromatic ring is 1. The van der Waals surface area contributed by atoms with Gasteiger partial charge in [0.25, 0.3) is 5.91 Å². The maximum atomic E-state index is 13.5. The summed E-state index contributed by atoms with van der Waals surface area (Å²) in [5.41, 5.74) is 6.56. The van der Waals surface area contributed by atoms with E-state index in [1.54, 1.807) is 6.92 Å². The van der Waals surface area contributed by atoms with Crippen molar-refractivity contribution in [2.75, 3.05) is 25.5 Å². The largest absolute Gasteiger partial charge is 0.398 e. The maximum absolute atomic E-state index is 13.5. The van der Waals surface area contributed by atoms with Gasteiger partial charge < -0.3 is 15.8 Å². The van der Waals surface area contributed by atoms with Crippen LogP contribution in [0.25, 0.3) is 0 Å². The van der Waals surface area contributed by atoms with Crippen molar-refractivity contribution >= 4 is 11.6 Å². The number of carbonyl (C=O) groups excluding carboxylic acids is 1. The molecule has 1 aliphatic heterocycles. The van der Waals surface area contributed by atoms with Crippen molar-refractivity contribution in [3.8, 4) is 0 Å². The summed E-state index contributed by atoms with van der Waals surface area (Å²) in [6, 6.07) is 2.71. The van der Waals surface area contributed by atoms with E-state index in [1.807, 2.05) is 0 Å². The van der Waals surface area contributed by atoms with Crippen LogP contribution in [0.4, 0.5) is 10.1 Å². The number of hydrogen-bond acceptors (Lipinski definition) is 3. The summed E-state index contributed by atoms with van der Waals surface area (Å²) in [6.07, 6.45) is 0.949. The van der Waals surface area contributed by atoms with Crippen LogP contribution >= 0.6 is 0 Å². The van der Waals surface area contributed by atoms with E-state index in [4.69, 9.17) is 10.5 Å². The third-order valence-electron chi connectivity index (χ3n) is 3.22. The first kappa shape index (κ1) is 12.8. The molecule has 0 bridgehead atoms. The molecule has 0 spiro atoms. The number of halogens is 1. The molecule has 2 rings (SSSR count). The number of anilines is 1. The van der Waals surface area contributed by atoms with Gasteiger partial charge in [-0.2, -0.15) is 0 Å². The molecule has 0 saturated carbocycles. The fraction of sp³-hybridized carbons (Fsp3) is 0.462. The minimum absolute atomic E-state index is 0.259. The summed E-state index contributed by atoms with van der Waals surface area (Å²) in [7, 11) is 0. The first-order valence-corrected chi connectivity index (χ1v) is 5.99. The minimum atomic E-state index is -0.454. The number of benzene rings is 1. The summed E-state index contributed by atoms with van der Waals surface area (Å²) in [6.45, 7) is 3.55. The second-order valence-electron chi connectivity index (χ2n) is 4.61. The molecule has 0 aromatic heterocycles. The van der Waals surface area contributed by atoms with Crippen molar-refractivity contribution in [2.24, 2.45) is 5.92 Å². The molecule has 98 valence electrons. The molecule has 1 heterocycles. The lowest BCUT2D eigenvalue weighted by atomic mass is 10.1. The van der Waals surface area contributed by atoms with Gasteiger partial charge in [0.15, 0.2) is 0 Å². The van der Waals surface area contributed by atoms with Gasteiger partial charge in [0, 0.05) is 35.9 Å². The van der Waals surface area contributed by atoms with Crippen LogP contribution in [0, 0.1) is 18.7 Å². The van der Waals surface area contributed by atoms with E-state index in [9.17, 15) is 9.18 Å². The number of amides is 1. The Morgan fingerprint density at radius 3 is 3.00 bits per heavy atom. The average molecular weight is 252 g/mol. The number of nitrogens with two attached hydrogens (primary N) is 1. The van der Waals surface area contributed by atoms with Crippen molar-refractivity contribution in [1.29, 1.82) is 0 Å². The smallest absolute Gasteiger partial charge is 0.251 e. The highest BCUT2D eigenvalue weighted by Crippen LogP contribution is 2.18. The Kier molecular flexibility index (Phi) is 3.81. The summed E-state index contributed by atoms with van der Waals surface area (Å²) in [5, 5.41) is 2.77. The van der Waals surface area contributed by atoms with Crippen LogP contribution in [0.2, 0.25) is 0 Å². The zero-order valence-corrected chi connectivity index (χ0v) is 10.3. The quantitative estimate of drug-likeness (QED) is 0.801. The Morgan fingerprint density at radius 1 is 1.61 bits per heavy atom. The predicted octanol–water partition coefficient (Wildman–Crippen LogP) is 1.48. The molecule has 4 nitrogen and oxygen atoms in total. The first-order chi connectivity index (χ1) is 8.58. The fourth-order valence-corrected chi connectivity index (χ4v) is 1.91. The second-order valence-corrected chi connectivity index (χ2v) is 4.61. The van der Waals surface area contributed by atoms with E-state index in [1.165, 1.54) is 12.1 Å². The molecule has 5 heteroatoms. The van der Waals surface area contributed by atoms with Gasteiger partial charge in [0.2, 0.25) is 0 Å². The third-order valence-corrected chi connectivity index (χ3v) is 3.22. The van der Waals surface area contributed by atoms with Crippen molar-refractivity contribution in [3.05, 3.63) is 29.1 Å². The minimum Gasteiger partial charge on any atom is -0.398 e. The van der Waals surface area contributed by atoms with Gasteiger partial charge in [-0.15, -0.1) is 0 Å². The lowest BCUT2D eigenvalue weighted by Crippen LogP contribution is -2.29. The zero-order valence-electron chi connectivity index (χ0n) is 10.3. The van der Waals surface area contributed by atoms with Crippen LogP contribution in [-0.4, -0.2) is 25.7 Å². The van der Waals surface area contributed by atoms with Crippen LogP contribution in [0.1, 0.15) is 22.3 Å². The molecule has 0 radical (unpaired) electrons. The molecular weight excluding hydrogens is 235 g/mol. The van der Waals surface area contributed by atoms with Crippen LogP contribution in [0.5, 0.6) is 0 Å². The Labute approximate surface area is 105 Å². The van der Waals surface area contributed by atoms with Gasteiger partial charge in [-0.25, -0.2) is 4.39 Å². The average Bonchev–Trinajstić information content (AvgIpc) is 2.85. The highest BCUT2D eigenvalue weighted by molar-refractivity contribution is 5.95. The second kappa shape index (κ2) is 5.35. The number of rotatable bonds is 3. The summed E-state index contributed by atoms with van der Waals surface area (Å²) in [4.78, 5) is 11.8. The van der Waals surface area contributed by atoms with Gasteiger partial charge in [-0.3, -0.25) is 4.79 Å². The molecule has 1 aliphatic rings. The van der Waals surface area contributed by atoms with E-state index < -0.39 is 5.82 Å². The van der Waals surface area contributed by atoms with Gasteiger partial charge in [-0.1, -0.05) is 0 Å². The van der Waals surface area contributed by atoms with Crippen molar-refractivity contribution in [1.82, 2.24) is 5.32 Å². The fourth-order valence-electron chi connectivity index (χ4n) is 1.91. The Morgan fingerprint density at radius 2 is 2.39 bits per heavy atom. The molecule has 18 heavy (non-hydrogen) atoms. The molecule has 1 amide bonds. The van der Waals surface area contributed by atoms with E-state index in [-0.39, 0.29) is 11.5 Å². The molecular formula is C13H17FN2O2. The summed E-state index contributed by atoms with van der Waals surface area (Å²) < 4.78 is 18.7. The van der Waals surface area contributed by atoms with Crippen LogP contribution < -0.4 is 11.1 Å². The molecule has 1 fully saturated rings. The van der Waals surface area contributed by atoms with Crippen LogP contribution in [-0.2, 0) is 4.74 Å². The van der Waals surface area contributed by atoms with Crippen LogP contribution in [0.15, 0.2) is 12.1 Å². The molecule has 1 aromatic rings. The topological polar surface area (TPSA) is 64.4 Å². The third kappa shape index (κ3) is 2.79. The summed E-state index contributed by atoms with van der Waals surface area (Å²) >= 11 is 0. The zero-order chi connectivity index (χ0) is 13.1. The maximum Gasteiger partial charge on any atom is 0.251 e. The molecule has 3 N–H and O–H groups in total. The van der Waals surface area contributed by atoms with Crippen molar-refractivity contribution in [2.45, 2.75) is 13.3 Å². The van der Waals surface area contributed by atoms with Gasteiger partial charge in [0.05, 0.1) is 6.61 Å². The van der Waals surface area contributed by atoms with E-state index in [0.717, 1.165) is 13.0 Å². The molecule has 1 atom stereocenters. The Hall–Kier alpha value is -1.62. The predicted molar refractivity (Wildman–Crippen MR) is 66.8 cm³/mol.